The summed E-state index contributed by atoms with van der Waals surface area (Å²) in [5.74, 6) is 0.591. The molecule has 0 saturated carbocycles. The van der Waals surface area contributed by atoms with Crippen LogP contribution in [0.1, 0.15) is 35.8 Å². The molecular weight excluding hydrogens is 316 g/mol. The van der Waals surface area contributed by atoms with E-state index in [1.165, 1.54) is 0 Å². The fraction of sp³-hybridized carbons (Fsp3) is 0.474. The van der Waals surface area contributed by atoms with Crippen molar-refractivity contribution in [3.05, 3.63) is 41.7 Å². The van der Waals surface area contributed by atoms with Gasteiger partial charge in [-0.2, -0.15) is 5.10 Å². The van der Waals surface area contributed by atoms with Gasteiger partial charge >= 0.3 is 0 Å². The fourth-order valence-corrected chi connectivity index (χ4v) is 3.15. The number of benzene rings is 1. The quantitative estimate of drug-likeness (QED) is 0.875. The third-order valence-corrected chi connectivity index (χ3v) is 4.89. The predicted molar refractivity (Wildman–Crippen MR) is 97.4 cm³/mol. The first kappa shape index (κ1) is 17.5. The molecule has 1 aliphatic rings. The lowest BCUT2D eigenvalue weighted by Gasteiger charge is -2.34. The molecule has 0 spiro atoms. The molecule has 6 heteroatoms. The number of ether oxygens (including phenoxy) is 1. The Labute approximate surface area is 148 Å². The molecule has 0 radical (unpaired) electrons. The average molecular weight is 342 g/mol. The highest BCUT2D eigenvalue weighted by molar-refractivity contribution is 5.92. The second-order valence-electron chi connectivity index (χ2n) is 7.06. The highest BCUT2D eigenvalue weighted by Crippen LogP contribution is 2.27. The zero-order valence-electron chi connectivity index (χ0n) is 15.1. The molecule has 1 aromatic heterocycles. The van der Waals surface area contributed by atoms with E-state index in [4.69, 9.17) is 4.74 Å². The van der Waals surface area contributed by atoms with Crippen molar-refractivity contribution in [2.24, 2.45) is 5.41 Å². The van der Waals surface area contributed by atoms with Crippen LogP contribution in [0, 0.1) is 12.3 Å². The zero-order chi connectivity index (χ0) is 17.9. The maximum absolute atomic E-state index is 12.5. The lowest BCUT2D eigenvalue weighted by Crippen LogP contribution is -2.43. The van der Waals surface area contributed by atoms with Crippen molar-refractivity contribution in [1.82, 2.24) is 20.4 Å². The minimum atomic E-state index is -0.134. The number of piperidine rings is 1. The van der Waals surface area contributed by atoms with Gasteiger partial charge in [0.1, 0.15) is 11.4 Å². The lowest BCUT2D eigenvalue weighted by molar-refractivity contribution is 0.0917. The standard InChI is InChI=1S/C19H26N4O2/c1-14-4-5-17(25-3)16(12-14)23-11-6-15(22-23)18(24)21-13-19(2)7-9-20-10-8-19/h4-6,11-12,20H,7-10,13H2,1-3H3,(H,21,24). The summed E-state index contributed by atoms with van der Waals surface area (Å²) >= 11 is 0. The Kier molecular flexibility index (Phi) is 5.08. The monoisotopic (exact) mass is 342 g/mol. The number of aryl methyl sites for hydroxylation is 1. The lowest BCUT2D eigenvalue weighted by atomic mass is 9.81. The normalized spacial score (nSPS) is 16.4. The molecular formula is C19H26N4O2. The van der Waals surface area contributed by atoms with Crippen LogP contribution in [0.4, 0.5) is 0 Å². The maximum Gasteiger partial charge on any atom is 0.271 e. The van der Waals surface area contributed by atoms with Crippen LogP contribution < -0.4 is 15.4 Å². The number of carbonyl (C=O) groups is 1. The smallest absolute Gasteiger partial charge is 0.271 e. The van der Waals surface area contributed by atoms with Gasteiger partial charge in [-0.05, 0) is 62.0 Å². The summed E-state index contributed by atoms with van der Waals surface area (Å²) in [6.45, 7) is 6.93. The average Bonchev–Trinajstić information content (AvgIpc) is 3.10. The first-order valence-electron chi connectivity index (χ1n) is 8.70. The third kappa shape index (κ3) is 4.02. The Morgan fingerprint density at radius 2 is 2.12 bits per heavy atom. The maximum atomic E-state index is 12.5. The number of nitrogens with one attached hydrogen (secondary N) is 2. The van der Waals surface area contributed by atoms with Gasteiger partial charge in [0.2, 0.25) is 0 Å². The molecule has 1 fully saturated rings. The Balaban J connectivity index is 1.71. The van der Waals surface area contributed by atoms with Crippen molar-refractivity contribution in [3.8, 4) is 11.4 Å². The van der Waals surface area contributed by atoms with Crippen LogP contribution in [-0.4, -0.2) is 42.4 Å². The summed E-state index contributed by atoms with van der Waals surface area (Å²) in [6, 6.07) is 7.62. The van der Waals surface area contributed by atoms with Crippen molar-refractivity contribution >= 4 is 5.91 Å². The number of hydrogen-bond donors (Lipinski definition) is 2. The van der Waals surface area contributed by atoms with E-state index in [2.05, 4.69) is 22.7 Å². The predicted octanol–water partition coefficient (Wildman–Crippen LogP) is 2.31. The van der Waals surface area contributed by atoms with E-state index in [0.717, 1.165) is 42.9 Å². The number of rotatable bonds is 5. The number of carbonyl (C=O) groups excluding carboxylic acids is 1. The summed E-state index contributed by atoms with van der Waals surface area (Å²) in [7, 11) is 1.63. The van der Waals surface area contributed by atoms with Gasteiger partial charge in [0.05, 0.1) is 7.11 Å². The van der Waals surface area contributed by atoms with Crippen LogP contribution in [-0.2, 0) is 0 Å². The molecule has 0 aliphatic carbocycles. The SMILES string of the molecule is COc1ccc(C)cc1-n1ccc(C(=O)NCC2(C)CCNCC2)n1. The van der Waals surface area contributed by atoms with Crippen LogP contribution >= 0.6 is 0 Å². The van der Waals surface area contributed by atoms with E-state index in [9.17, 15) is 4.79 Å². The highest BCUT2D eigenvalue weighted by Gasteiger charge is 2.27. The minimum absolute atomic E-state index is 0.134. The molecule has 25 heavy (non-hydrogen) atoms. The van der Waals surface area contributed by atoms with Gasteiger partial charge in [-0.15, -0.1) is 0 Å². The highest BCUT2D eigenvalue weighted by atomic mass is 16.5. The van der Waals surface area contributed by atoms with Crippen LogP contribution in [0.5, 0.6) is 5.75 Å². The summed E-state index contributed by atoms with van der Waals surface area (Å²) < 4.78 is 7.08. The molecule has 6 nitrogen and oxygen atoms in total. The molecule has 1 saturated heterocycles. The van der Waals surface area contributed by atoms with E-state index in [1.54, 1.807) is 24.1 Å². The zero-order valence-corrected chi connectivity index (χ0v) is 15.1. The summed E-state index contributed by atoms with van der Waals surface area (Å²) in [5.41, 5.74) is 2.51. The minimum Gasteiger partial charge on any atom is -0.494 e. The van der Waals surface area contributed by atoms with Gasteiger partial charge in [0, 0.05) is 12.7 Å². The summed E-state index contributed by atoms with van der Waals surface area (Å²) in [5, 5.41) is 10.8. The third-order valence-electron chi connectivity index (χ3n) is 4.89. The van der Waals surface area contributed by atoms with Crippen molar-refractivity contribution in [3.63, 3.8) is 0 Å². The fourth-order valence-electron chi connectivity index (χ4n) is 3.15. The number of amides is 1. The van der Waals surface area contributed by atoms with Gasteiger partial charge in [-0.3, -0.25) is 4.79 Å². The van der Waals surface area contributed by atoms with Crippen LogP contribution in [0.3, 0.4) is 0 Å². The van der Waals surface area contributed by atoms with E-state index in [0.29, 0.717) is 12.2 Å². The van der Waals surface area contributed by atoms with Crippen LogP contribution in [0.25, 0.3) is 5.69 Å². The number of aromatic nitrogens is 2. The van der Waals surface area contributed by atoms with Crippen molar-refractivity contribution in [2.45, 2.75) is 26.7 Å². The molecule has 0 bridgehead atoms. The van der Waals surface area contributed by atoms with Gasteiger partial charge in [-0.1, -0.05) is 13.0 Å². The number of methoxy groups -OCH3 is 1. The number of nitrogens with zero attached hydrogens (tertiary/aromatic N) is 2. The molecule has 0 unspecified atom stereocenters. The first-order valence-corrected chi connectivity index (χ1v) is 8.70. The summed E-state index contributed by atoms with van der Waals surface area (Å²) in [6.07, 6.45) is 3.93. The largest absolute Gasteiger partial charge is 0.494 e. The number of hydrogen-bond acceptors (Lipinski definition) is 4. The molecule has 2 aromatic rings. The molecule has 0 atom stereocenters. The van der Waals surface area contributed by atoms with Crippen LogP contribution in [0.15, 0.2) is 30.5 Å². The van der Waals surface area contributed by atoms with Gasteiger partial charge in [-0.25, -0.2) is 4.68 Å². The van der Waals surface area contributed by atoms with Gasteiger partial charge in [0.25, 0.3) is 5.91 Å². The Morgan fingerprint density at radius 3 is 2.84 bits per heavy atom. The second-order valence-corrected chi connectivity index (χ2v) is 7.06. The summed E-state index contributed by atoms with van der Waals surface area (Å²) in [4.78, 5) is 12.5. The van der Waals surface area contributed by atoms with E-state index >= 15 is 0 Å². The van der Waals surface area contributed by atoms with E-state index in [-0.39, 0.29) is 11.3 Å². The van der Waals surface area contributed by atoms with E-state index < -0.39 is 0 Å². The second kappa shape index (κ2) is 7.27. The van der Waals surface area contributed by atoms with Crippen molar-refractivity contribution in [2.75, 3.05) is 26.7 Å². The first-order chi connectivity index (χ1) is 12.0. The van der Waals surface area contributed by atoms with E-state index in [1.807, 2.05) is 25.1 Å². The molecule has 2 heterocycles. The topological polar surface area (TPSA) is 68.2 Å². The Morgan fingerprint density at radius 1 is 1.36 bits per heavy atom. The van der Waals surface area contributed by atoms with Gasteiger partial charge < -0.3 is 15.4 Å². The Bertz CT molecular complexity index is 748. The van der Waals surface area contributed by atoms with Crippen LogP contribution in [0.2, 0.25) is 0 Å². The molecule has 1 aliphatic heterocycles. The van der Waals surface area contributed by atoms with Crippen molar-refractivity contribution < 1.29 is 9.53 Å². The van der Waals surface area contributed by atoms with Crippen molar-refractivity contribution in [1.29, 1.82) is 0 Å². The molecule has 3 rings (SSSR count). The van der Waals surface area contributed by atoms with Gasteiger partial charge in [0.15, 0.2) is 5.69 Å². The molecule has 2 N–H and O–H groups in total. The molecule has 1 aromatic carbocycles. The molecule has 134 valence electrons. The Hall–Kier alpha value is -2.34. The molecule has 1 amide bonds.